The Kier molecular flexibility index (Phi) is 4.55. The fourth-order valence-corrected chi connectivity index (χ4v) is 3.24. The monoisotopic (exact) mass is 293 g/mol. The van der Waals surface area contributed by atoms with Crippen LogP contribution >= 0.6 is 0 Å². The second kappa shape index (κ2) is 6.04. The number of esters is 1. The summed E-state index contributed by atoms with van der Waals surface area (Å²) in [5.74, 6) is 0.441. The third-order valence-electron chi connectivity index (χ3n) is 4.67. The average molecular weight is 293 g/mol. The first-order valence-corrected chi connectivity index (χ1v) is 7.50. The number of aryl methyl sites for hydroxylation is 1. The van der Waals surface area contributed by atoms with Gasteiger partial charge in [0.2, 0.25) is 0 Å². The Labute approximate surface area is 125 Å². The standard InChI is InChI=1S/C17H24FNO2/c1-11-7-14(18)9-15(8-11)19-17(16(20)21-4)6-5-12(2)13(3)10-17/h7-9,12-13,19H,5-6,10H2,1-4H3. The van der Waals surface area contributed by atoms with Crippen molar-refractivity contribution in [1.82, 2.24) is 0 Å². The summed E-state index contributed by atoms with van der Waals surface area (Å²) >= 11 is 0. The Balaban J connectivity index is 2.30. The fraction of sp³-hybridized carbons (Fsp3) is 0.588. The average Bonchev–Trinajstić information content (AvgIpc) is 2.41. The second-order valence-corrected chi connectivity index (χ2v) is 6.41. The van der Waals surface area contributed by atoms with Crippen LogP contribution in [0, 0.1) is 24.6 Å². The molecule has 0 amide bonds. The minimum atomic E-state index is -0.749. The number of halogens is 1. The van der Waals surface area contributed by atoms with Gasteiger partial charge >= 0.3 is 5.97 Å². The highest BCUT2D eigenvalue weighted by Gasteiger charge is 2.44. The molecule has 1 aromatic carbocycles. The lowest BCUT2D eigenvalue weighted by Gasteiger charge is -2.41. The van der Waals surface area contributed by atoms with Crippen LogP contribution in [0.3, 0.4) is 0 Å². The first kappa shape index (κ1) is 15.8. The Morgan fingerprint density at radius 1 is 1.33 bits per heavy atom. The Hall–Kier alpha value is -1.58. The maximum atomic E-state index is 13.6. The van der Waals surface area contributed by atoms with Crippen molar-refractivity contribution < 1.29 is 13.9 Å². The van der Waals surface area contributed by atoms with Gasteiger partial charge in [-0.05, 0) is 61.8 Å². The van der Waals surface area contributed by atoms with E-state index in [1.54, 1.807) is 0 Å². The van der Waals surface area contributed by atoms with Crippen molar-refractivity contribution in [2.75, 3.05) is 12.4 Å². The molecule has 116 valence electrons. The zero-order valence-electron chi connectivity index (χ0n) is 13.2. The molecule has 3 atom stereocenters. The number of ether oxygens (including phenoxy) is 1. The molecule has 3 unspecified atom stereocenters. The first-order chi connectivity index (χ1) is 9.86. The summed E-state index contributed by atoms with van der Waals surface area (Å²) in [5, 5.41) is 3.26. The molecule has 1 fully saturated rings. The number of methoxy groups -OCH3 is 1. The maximum Gasteiger partial charge on any atom is 0.331 e. The lowest BCUT2D eigenvalue weighted by Crippen LogP contribution is -2.51. The zero-order valence-corrected chi connectivity index (χ0v) is 13.2. The van der Waals surface area contributed by atoms with Crippen LogP contribution in [-0.4, -0.2) is 18.6 Å². The molecule has 0 heterocycles. The molecule has 2 rings (SSSR count). The van der Waals surface area contributed by atoms with Crippen LogP contribution < -0.4 is 5.32 Å². The van der Waals surface area contributed by atoms with Crippen LogP contribution in [0.1, 0.15) is 38.7 Å². The molecule has 0 aliphatic heterocycles. The van der Waals surface area contributed by atoms with Crippen LogP contribution in [0.25, 0.3) is 0 Å². The number of rotatable bonds is 3. The minimum Gasteiger partial charge on any atom is -0.467 e. The number of nitrogens with one attached hydrogen (secondary N) is 1. The van der Waals surface area contributed by atoms with E-state index in [9.17, 15) is 9.18 Å². The van der Waals surface area contributed by atoms with Crippen molar-refractivity contribution in [2.24, 2.45) is 11.8 Å². The van der Waals surface area contributed by atoms with Gasteiger partial charge in [0.1, 0.15) is 11.4 Å². The second-order valence-electron chi connectivity index (χ2n) is 6.41. The SMILES string of the molecule is COC(=O)C1(Nc2cc(C)cc(F)c2)CCC(C)C(C)C1. The smallest absolute Gasteiger partial charge is 0.331 e. The number of hydrogen-bond acceptors (Lipinski definition) is 3. The summed E-state index contributed by atoms with van der Waals surface area (Å²) in [7, 11) is 1.41. The van der Waals surface area contributed by atoms with Gasteiger partial charge in [-0.1, -0.05) is 13.8 Å². The predicted molar refractivity (Wildman–Crippen MR) is 81.7 cm³/mol. The van der Waals surface area contributed by atoms with E-state index in [0.29, 0.717) is 30.4 Å². The molecular formula is C17H24FNO2. The summed E-state index contributed by atoms with van der Waals surface area (Å²) in [4.78, 5) is 12.3. The summed E-state index contributed by atoms with van der Waals surface area (Å²) in [6, 6.07) is 4.76. The van der Waals surface area contributed by atoms with E-state index in [0.717, 1.165) is 12.0 Å². The van der Waals surface area contributed by atoms with Gasteiger partial charge in [0.05, 0.1) is 7.11 Å². The molecule has 0 saturated heterocycles. The lowest BCUT2D eigenvalue weighted by atomic mass is 9.71. The topological polar surface area (TPSA) is 38.3 Å². The van der Waals surface area contributed by atoms with Crippen molar-refractivity contribution in [3.63, 3.8) is 0 Å². The number of anilines is 1. The highest BCUT2D eigenvalue weighted by Crippen LogP contribution is 2.39. The Morgan fingerprint density at radius 3 is 2.62 bits per heavy atom. The highest BCUT2D eigenvalue weighted by atomic mass is 19.1. The molecule has 0 bridgehead atoms. The summed E-state index contributed by atoms with van der Waals surface area (Å²) in [6.07, 6.45) is 2.37. The molecule has 21 heavy (non-hydrogen) atoms. The minimum absolute atomic E-state index is 0.261. The van der Waals surface area contributed by atoms with E-state index >= 15 is 0 Å². The van der Waals surface area contributed by atoms with Crippen LogP contribution in [0.5, 0.6) is 0 Å². The molecule has 1 saturated carbocycles. The zero-order chi connectivity index (χ0) is 15.6. The van der Waals surface area contributed by atoms with Crippen LogP contribution in [0.4, 0.5) is 10.1 Å². The van der Waals surface area contributed by atoms with E-state index in [1.165, 1.54) is 19.2 Å². The number of carbonyl (C=O) groups is 1. The molecule has 1 aromatic rings. The molecule has 0 aromatic heterocycles. The molecule has 0 spiro atoms. The van der Waals surface area contributed by atoms with Crippen LogP contribution in [-0.2, 0) is 9.53 Å². The normalized spacial score (nSPS) is 29.0. The van der Waals surface area contributed by atoms with E-state index in [2.05, 4.69) is 19.2 Å². The Morgan fingerprint density at radius 2 is 2.05 bits per heavy atom. The fourth-order valence-electron chi connectivity index (χ4n) is 3.24. The van der Waals surface area contributed by atoms with Gasteiger partial charge in [-0.15, -0.1) is 0 Å². The molecular weight excluding hydrogens is 269 g/mol. The lowest BCUT2D eigenvalue weighted by molar-refractivity contribution is -0.148. The van der Waals surface area contributed by atoms with Crippen molar-refractivity contribution in [3.05, 3.63) is 29.6 Å². The van der Waals surface area contributed by atoms with Crippen molar-refractivity contribution >= 4 is 11.7 Å². The Bertz CT molecular complexity index is 511. The molecule has 4 heteroatoms. The quantitative estimate of drug-likeness (QED) is 0.859. The van der Waals surface area contributed by atoms with Crippen LogP contribution in [0.15, 0.2) is 18.2 Å². The third-order valence-corrected chi connectivity index (χ3v) is 4.67. The van der Waals surface area contributed by atoms with E-state index < -0.39 is 5.54 Å². The number of benzene rings is 1. The van der Waals surface area contributed by atoms with Gasteiger partial charge in [0.15, 0.2) is 0 Å². The molecule has 1 N–H and O–H groups in total. The van der Waals surface area contributed by atoms with E-state index in [4.69, 9.17) is 4.74 Å². The van der Waals surface area contributed by atoms with Crippen molar-refractivity contribution in [3.8, 4) is 0 Å². The largest absolute Gasteiger partial charge is 0.467 e. The first-order valence-electron chi connectivity index (χ1n) is 7.50. The predicted octanol–water partition coefficient (Wildman–Crippen LogP) is 3.91. The number of hydrogen-bond donors (Lipinski definition) is 1. The summed E-state index contributed by atoms with van der Waals surface area (Å²) in [5.41, 5.74) is 0.718. The van der Waals surface area contributed by atoms with Gasteiger partial charge in [-0.3, -0.25) is 0 Å². The molecule has 1 aliphatic carbocycles. The van der Waals surface area contributed by atoms with E-state index in [1.807, 2.05) is 13.0 Å². The van der Waals surface area contributed by atoms with Gasteiger partial charge < -0.3 is 10.1 Å². The van der Waals surface area contributed by atoms with E-state index in [-0.39, 0.29) is 11.8 Å². The maximum absolute atomic E-state index is 13.6. The van der Waals surface area contributed by atoms with Crippen molar-refractivity contribution in [1.29, 1.82) is 0 Å². The molecule has 1 aliphatic rings. The van der Waals surface area contributed by atoms with Crippen molar-refractivity contribution in [2.45, 2.75) is 45.6 Å². The third kappa shape index (κ3) is 3.36. The summed E-state index contributed by atoms with van der Waals surface area (Å²) in [6.45, 7) is 6.20. The van der Waals surface area contributed by atoms with Gasteiger partial charge in [-0.2, -0.15) is 0 Å². The van der Waals surface area contributed by atoms with Gasteiger partial charge in [0.25, 0.3) is 0 Å². The molecule has 0 radical (unpaired) electrons. The molecule has 3 nitrogen and oxygen atoms in total. The number of carbonyl (C=O) groups excluding carboxylic acids is 1. The summed E-state index contributed by atoms with van der Waals surface area (Å²) < 4.78 is 18.6. The van der Waals surface area contributed by atoms with Gasteiger partial charge in [-0.25, -0.2) is 9.18 Å². The van der Waals surface area contributed by atoms with Gasteiger partial charge in [0, 0.05) is 5.69 Å². The highest BCUT2D eigenvalue weighted by molar-refractivity contribution is 5.84. The van der Waals surface area contributed by atoms with Crippen LogP contribution in [0.2, 0.25) is 0 Å².